The third kappa shape index (κ3) is 2.97. The van der Waals surface area contributed by atoms with E-state index in [0.717, 1.165) is 15.8 Å². The Morgan fingerprint density at radius 3 is 2.86 bits per heavy atom. The van der Waals surface area contributed by atoms with Crippen LogP contribution in [0, 0.1) is 0 Å². The zero-order chi connectivity index (χ0) is 15.4. The molecular weight excluding hydrogens is 296 g/mol. The topological polar surface area (TPSA) is 54.4 Å². The summed E-state index contributed by atoms with van der Waals surface area (Å²) in [6.45, 7) is 0.645. The third-order valence-corrected chi connectivity index (χ3v) is 4.50. The lowest BCUT2D eigenvalue weighted by molar-refractivity contribution is -0.146. The van der Waals surface area contributed by atoms with Crippen LogP contribution in [-0.4, -0.2) is 23.7 Å². The Morgan fingerprint density at radius 2 is 2.09 bits per heavy atom. The van der Waals surface area contributed by atoms with Gasteiger partial charge in [0.25, 0.3) is 0 Å². The van der Waals surface area contributed by atoms with Crippen molar-refractivity contribution in [3.05, 3.63) is 58.9 Å². The van der Waals surface area contributed by atoms with E-state index in [1.807, 2.05) is 54.9 Å². The van der Waals surface area contributed by atoms with Crippen LogP contribution in [0.15, 0.2) is 54.0 Å². The van der Waals surface area contributed by atoms with Crippen molar-refractivity contribution in [2.24, 2.45) is 0 Å². The van der Waals surface area contributed by atoms with E-state index in [2.05, 4.69) is 10.3 Å². The minimum Gasteiger partial charge on any atom is -0.455 e. The van der Waals surface area contributed by atoms with E-state index < -0.39 is 5.79 Å². The first kappa shape index (κ1) is 15.0. The minimum absolute atomic E-state index is 0.452. The second kappa shape index (κ2) is 6.44. The summed E-state index contributed by atoms with van der Waals surface area (Å²) in [6.07, 6.45) is 2.18. The number of aromatic nitrogens is 1. The van der Waals surface area contributed by atoms with Crippen LogP contribution in [-0.2, 0) is 5.79 Å². The van der Waals surface area contributed by atoms with Gasteiger partial charge in [-0.2, -0.15) is 0 Å². The Bertz CT molecular complexity index is 740. The van der Waals surface area contributed by atoms with Gasteiger partial charge in [-0.25, -0.2) is 0 Å². The number of thiophene rings is 1. The van der Waals surface area contributed by atoms with Crippen LogP contribution in [0.1, 0.15) is 11.3 Å². The van der Waals surface area contributed by atoms with Crippen LogP contribution in [0.5, 0.6) is 5.75 Å². The molecule has 2 heterocycles. The smallest absolute Gasteiger partial charge is 0.245 e. The fourth-order valence-corrected chi connectivity index (χ4v) is 3.15. The molecule has 0 aliphatic heterocycles. The number of nitrogens with one attached hydrogen (secondary N) is 1. The first-order valence-corrected chi connectivity index (χ1v) is 8.04. The van der Waals surface area contributed by atoms with Gasteiger partial charge in [0.15, 0.2) is 0 Å². The summed E-state index contributed by atoms with van der Waals surface area (Å²) in [4.78, 5) is 5.17. The van der Waals surface area contributed by atoms with Gasteiger partial charge in [-0.15, -0.1) is 11.3 Å². The van der Waals surface area contributed by atoms with Crippen LogP contribution in [0.25, 0.3) is 10.9 Å². The molecule has 22 heavy (non-hydrogen) atoms. The lowest BCUT2D eigenvalue weighted by atomic mass is 10.1. The highest BCUT2D eigenvalue weighted by Gasteiger charge is 2.33. The Labute approximate surface area is 133 Å². The molecule has 1 unspecified atom stereocenters. The number of ether oxygens (including phenoxy) is 1. The van der Waals surface area contributed by atoms with Crippen LogP contribution < -0.4 is 10.1 Å². The molecule has 0 spiro atoms. The molecule has 2 aromatic heterocycles. The molecule has 3 aromatic rings. The van der Waals surface area contributed by atoms with Crippen molar-refractivity contribution in [3.8, 4) is 5.75 Å². The lowest BCUT2D eigenvalue weighted by Crippen LogP contribution is -2.35. The first-order valence-electron chi connectivity index (χ1n) is 7.17. The number of aliphatic hydroxyl groups is 1. The lowest BCUT2D eigenvalue weighted by Gasteiger charge is -2.28. The molecule has 114 valence electrons. The number of rotatable bonds is 6. The quantitative estimate of drug-likeness (QED) is 0.686. The van der Waals surface area contributed by atoms with Gasteiger partial charge in [0.05, 0.1) is 4.88 Å². The van der Waals surface area contributed by atoms with Crippen molar-refractivity contribution in [2.75, 3.05) is 13.6 Å². The van der Waals surface area contributed by atoms with E-state index in [4.69, 9.17) is 4.74 Å². The van der Waals surface area contributed by atoms with Gasteiger partial charge in [0, 0.05) is 24.5 Å². The molecular formula is C17H18N2O2S. The van der Waals surface area contributed by atoms with Gasteiger partial charge < -0.3 is 15.2 Å². The average molecular weight is 314 g/mol. The van der Waals surface area contributed by atoms with Crippen molar-refractivity contribution in [3.63, 3.8) is 0 Å². The van der Waals surface area contributed by atoms with Crippen molar-refractivity contribution in [1.82, 2.24) is 10.3 Å². The summed E-state index contributed by atoms with van der Waals surface area (Å²) in [6, 6.07) is 13.4. The molecule has 3 rings (SSSR count). The predicted octanol–water partition coefficient (Wildman–Crippen LogP) is 3.13. The highest BCUT2D eigenvalue weighted by atomic mass is 32.1. The van der Waals surface area contributed by atoms with E-state index in [9.17, 15) is 5.11 Å². The maximum absolute atomic E-state index is 11.0. The third-order valence-electron chi connectivity index (χ3n) is 3.49. The number of pyridine rings is 1. The number of hydrogen-bond acceptors (Lipinski definition) is 5. The van der Waals surface area contributed by atoms with Gasteiger partial charge in [0.1, 0.15) is 11.3 Å². The fraction of sp³-hybridized carbons (Fsp3) is 0.235. The van der Waals surface area contributed by atoms with Gasteiger partial charge in [-0.05, 0) is 30.6 Å². The molecule has 2 N–H and O–H groups in total. The van der Waals surface area contributed by atoms with Crippen molar-refractivity contribution in [2.45, 2.75) is 12.2 Å². The van der Waals surface area contributed by atoms with Gasteiger partial charge >= 0.3 is 0 Å². The van der Waals surface area contributed by atoms with Gasteiger partial charge in [-0.1, -0.05) is 24.3 Å². The van der Waals surface area contributed by atoms with E-state index >= 15 is 0 Å². The molecule has 0 aliphatic carbocycles. The molecule has 1 atom stereocenters. The summed E-state index contributed by atoms with van der Waals surface area (Å²) in [5, 5.41) is 17.0. The number of hydrogen-bond donors (Lipinski definition) is 2. The SMILES string of the molecule is CNCCC(O)(Oc1cccc2cccnc12)c1cccs1. The Hall–Kier alpha value is -1.95. The van der Waals surface area contributed by atoms with Crippen LogP contribution in [0.4, 0.5) is 0 Å². The fourth-order valence-electron chi connectivity index (χ4n) is 2.36. The largest absolute Gasteiger partial charge is 0.455 e. The highest BCUT2D eigenvalue weighted by molar-refractivity contribution is 7.10. The highest BCUT2D eigenvalue weighted by Crippen LogP contribution is 2.34. The zero-order valence-electron chi connectivity index (χ0n) is 12.3. The maximum atomic E-state index is 11.0. The normalized spacial score (nSPS) is 13.9. The molecule has 4 nitrogen and oxygen atoms in total. The van der Waals surface area contributed by atoms with Gasteiger partial charge in [0.2, 0.25) is 5.79 Å². The summed E-state index contributed by atoms with van der Waals surface area (Å²) in [7, 11) is 1.86. The minimum atomic E-state index is -1.36. The average Bonchev–Trinajstić information content (AvgIpc) is 3.09. The molecule has 0 fully saturated rings. The maximum Gasteiger partial charge on any atom is 0.245 e. The number of nitrogens with zero attached hydrogens (tertiary/aromatic N) is 1. The van der Waals surface area contributed by atoms with Crippen molar-refractivity contribution in [1.29, 1.82) is 0 Å². The second-order valence-corrected chi connectivity index (χ2v) is 6.00. The van der Waals surface area contributed by atoms with E-state index in [0.29, 0.717) is 18.7 Å². The molecule has 0 amide bonds. The van der Waals surface area contributed by atoms with Crippen molar-refractivity contribution < 1.29 is 9.84 Å². The van der Waals surface area contributed by atoms with Gasteiger partial charge in [-0.3, -0.25) is 4.98 Å². The monoisotopic (exact) mass is 314 g/mol. The molecule has 1 aromatic carbocycles. The summed E-state index contributed by atoms with van der Waals surface area (Å²) < 4.78 is 6.03. The molecule has 0 bridgehead atoms. The van der Waals surface area contributed by atoms with Crippen LogP contribution in [0.2, 0.25) is 0 Å². The Kier molecular flexibility index (Phi) is 4.38. The molecule has 0 radical (unpaired) electrons. The number of fused-ring (bicyclic) bond motifs is 1. The first-order chi connectivity index (χ1) is 10.7. The summed E-state index contributed by atoms with van der Waals surface area (Å²) in [5.41, 5.74) is 0.754. The van der Waals surface area contributed by atoms with Crippen LogP contribution in [0.3, 0.4) is 0 Å². The van der Waals surface area contributed by atoms with E-state index in [1.165, 1.54) is 11.3 Å². The second-order valence-electron chi connectivity index (χ2n) is 5.05. The van der Waals surface area contributed by atoms with E-state index in [-0.39, 0.29) is 0 Å². The van der Waals surface area contributed by atoms with E-state index in [1.54, 1.807) is 6.20 Å². The number of para-hydroxylation sites is 1. The van der Waals surface area contributed by atoms with Crippen molar-refractivity contribution >= 4 is 22.2 Å². The molecule has 0 saturated carbocycles. The standard InChI is InChI=1S/C17H18N2O2S/c1-18-11-9-17(20,15-8-4-12-22-15)21-14-7-2-5-13-6-3-10-19-16(13)14/h2-8,10,12,18,20H,9,11H2,1H3. The predicted molar refractivity (Wildman–Crippen MR) is 89.1 cm³/mol. The summed E-state index contributed by atoms with van der Waals surface area (Å²) in [5.74, 6) is -0.770. The Morgan fingerprint density at radius 1 is 1.23 bits per heavy atom. The Balaban J connectivity index is 1.99. The summed E-state index contributed by atoms with van der Waals surface area (Å²) >= 11 is 1.48. The zero-order valence-corrected chi connectivity index (χ0v) is 13.1. The molecule has 0 aliphatic rings. The molecule has 0 saturated heterocycles. The number of benzene rings is 1. The van der Waals surface area contributed by atoms with Crippen LogP contribution >= 0.6 is 11.3 Å². The molecule has 5 heteroatoms.